The zero-order valence-corrected chi connectivity index (χ0v) is 12.8. The van der Waals surface area contributed by atoms with Crippen LogP contribution in [-0.2, 0) is 6.42 Å². The highest BCUT2D eigenvalue weighted by atomic mass is 16.5. The molecule has 0 fully saturated rings. The van der Waals surface area contributed by atoms with Gasteiger partial charge in [-0.05, 0) is 30.5 Å². The van der Waals surface area contributed by atoms with Crippen molar-refractivity contribution in [3.63, 3.8) is 0 Å². The van der Waals surface area contributed by atoms with E-state index in [1.807, 2.05) is 18.2 Å². The molecule has 0 amide bonds. The maximum Gasteiger partial charge on any atom is 0.122 e. The molecule has 1 atom stereocenters. The molecule has 0 saturated carbocycles. The van der Waals surface area contributed by atoms with Gasteiger partial charge in [-0.3, -0.25) is 0 Å². The zero-order valence-electron chi connectivity index (χ0n) is 12.8. The number of benzene rings is 2. The smallest absolute Gasteiger partial charge is 0.122 e. The Morgan fingerprint density at radius 3 is 2.52 bits per heavy atom. The van der Waals surface area contributed by atoms with Crippen LogP contribution in [0.1, 0.15) is 18.1 Å². The topological polar surface area (TPSA) is 21.3 Å². The Labute approximate surface area is 127 Å². The van der Waals surface area contributed by atoms with Gasteiger partial charge in [0.25, 0.3) is 0 Å². The van der Waals surface area contributed by atoms with Crippen molar-refractivity contribution in [1.82, 2.24) is 5.32 Å². The molecule has 1 unspecified atom stereocenters. The third kappa shape index (κ3) is 5.09. The lowest BCUT2D eigenvalue weighted by molar-refractivity contribution is 0.406. The minimum atomic E-state index is 0.404. The number of rotatable bonds is 7. The van der Waals surface area contributed by atoms with E-state index in [4.69, 9.17) is 4.74 Å². The van der Waals surface area contributed by atoms with E-state index in [0.717, 1.165) is 18.7 Å². The summed E-state index contributed by atoms with van der Waals surface area (Å²) in [4.78, 5) is 0. The molecule has 0 aliphatic rings. The van der Waals surface area contributed by atoms with Crippen molar-refractivity contribution in [2.24, 2.45) is 0 Å². The van der Waals surface area contributed by atoms with Crippen LogP contribution in [0.2, 0.25) is 0 Å². The molecular weight excluding hydrogens is 258 g/mol. The minimum absolute atomic E-state index is 0.404. The molecule has 0 aliphatic carbocycles. The molecule has 2 rings (SSSR count). The predicted octanol–water partition coefficient (Wildman–Crippen LogP) is 3.93. The van der Waals surface area contributed by atoms with E-state index in [0.29, 0.717) is 6.04 Å². The fraction of sp³-hybridized carbons (Fsp3) is 0.263. The molecule has 2 aromatic rings. The second-order valence-electron chi connectivity index (χ2n) is 5.14. The van der Waals surface area contributed by atoms with Crippen LogP contribution in [0.5, 0.6) is 5.75 Å². The normalized spacial score (nSPS) is 12.5. The number of para-hydroxylation sites is 1. The number of nitrogens with one attached hydrogen (secondary N) is 1. The van der Waals surface area contributed by atoms with Crippen LogP contribution < -0.4 is 10.1 Å². The van der Waals surface area contributed by atoms with Crippen LogP contribution in [-0.4, -0.2) is 19.7 Å². The Balaban J connectivity index is 1.80. The number of hydrogen-bond acceptors (Lipinski definition) is 2. The largest absolute Gasteiger partial charge is 0.496 e. The van der Waals surface area contributed by atoms with Gasteiger partial charge in [-0.15, -0.1) is 0 Å². The molecule has 2 nitrogen and oxygen atoms in total. The summed E-state index contributed by atoms with van der Waals surface area (Å²) in [6, 6.07) is 18.9. The second kappa shape index (κ2) is 8.28. The Morgan fingerprint density at radius 2 is 1.76 bits per heavy atom. The van der Waals surface area contributed by atoms with E-state index < -0.39 is 0 Å². The maximum absolute atomic E-state index is 5.39. The van der Waals surface area contributed by atoms with Gasteiger partial charge < -0.3 is 10.1 Å². The zero-order chi connectivity index (χ0) is 14.9. The Morgan fingerprint density at radius 1 is 1.05 bits per heavy atom. The van der Waals surface area contributed by atoms with Gasteiger partial charge in [-0.25, -0.2) is 0 Å². The monoisotopic (exact) mass is 281 g/mol. The molecule has 0 aromatic heterocycles. The highest BCUT2D eigenvalue weighted by Crippen LogP contribution is 2.18. The highest BCUT2D eigenvalue weighted by molar-refractivity contribution is 5.48. The van der Waals surface area contributed by atoms with Crippen LogP contribution >= 0.6 is 0 Å². The molecule has 0 aliphatic heterocycles. The van der Waals surface area contributed by atoms with E-state index in [9.17, 15) is 0 Å². The van der Waals surface area contributed by atoms with Gasteiger partial charge in [-0.1, -0.05) is 60.7 Å². The Hall–Kier alpha value is -2.06. The average molecular weight is 281 g/mol. The van der Waals surface area contributed by atoms with Crippen LogP contribution in [0.4, 0.5) is 0 Å². The third-order valence-electron chi connectivity index (χ3n) is 3.41. The minimum Gasteiger partial charge on any atom is -0.496 e. The summed E-state index contributed by atoms with van der Waals surface area (Å²) in [6.07, 6.45) is 5.26. The molecule has 0 radical (unpaired) electrons. The van der Waals surface area contributed by atoms with Crippen LogP contribution in [0.25, 0.3) is 6.08 Å². The second-order valence-corrected chi connectivity index (χ2v) is 5.14. The van der Waals surface area contributed by atoms with E-state index in [1.165, 1.54) is 11.1 Å². The van der Waals surface area contributed by atoms with E-state index in [1.54, 1.807) is 7.11 Å². The molecule has 21 heavy (non-hydrogen) atoms. The van der Waals surface area contributed by atoms with Crippen LogP contribution in [0.3, 0.4) is 0 Å². The van der Waals surface area contributed by atoms with Crippen molar-refractivity contribution in [1.29, 1.82) is 0 Å². The fourth-order valence-electron chi connectivity index (χ4n) is 2.30. The Kier molecular flexibility index (Phi) is 6.04. The third-order valence-corrected chi connectivity index (χ3v) is 3.41. The maximum atomic E-state index is 5.39. The van der Waals surface area contributed by atoms with Gasteiger partial charge in [0.05, 0.1) is 7.11 Å². The van der Waals surface area contributed by atoms with Crippen molar-refractivity contribution in [3.8, 4) is 5.75 Å². The quantitative estimate of drug-likeness (QED) is 0.830. The Bertz CT molecular complexity index is 563. The molecule has 0 spiro atoms. The lowest BCUT2D eigenvalue weighted by Crippen LogP contribution is -2.28. The van der Waals surface area contributed by atoms with Crippen molar-refractivity contribution >= 4 is 6.08 Å². The lowest BCUT2D eigenvalue weighted by atomic mass is 10.1. The summed E-state index contributed by atoms with van der Waals surface area (Å²) in [7, 11) is 1.72. The number of hydrogen-bond donors (Lipinski definition) is 1. The summed E-state index contributed by atoms with van der Waals surface area (Å²) >= 11 is 0. The van der Waals surface area contributed by atoms with E-state index >= 15 is 0 Å². The first kappa shape index (κ1) is 15.3. The van der Waals surface area contributed by atoms with Gasteiger partial charge in [0.15, 0.2) is 0 Å². The van der Waals surface area contributed by atoms with Crippen molar-refractivity contribution < 1.29 is 4.74 Å². The van der Waals surface area contributed by atoms with Gasteiger partial charge in [0.2, 0.25) is 0 Å². The summed E-state index contributed by atoms with van der Waals surface area (Å²) in [5, 5.41) is 3.51. The summed E-state index contributed by atoms with van der Waals surface area (Å²) < 4.78 is 5.39. The first-order valence-corrected chi connectivity index (χ1v) is 7.36. The molecule has 0 saturated heterocycles. The standard InChI is InChI=1S/C19H23NO/c1-16(15-18-12-6-7-13-19(18)21-2)20-14-8-11-17-9-4-3-5-10-17/h3-13,16,20H,14-15H2,1-2H3/b11-8-. The summed E-state index contributed by atoms with van der Waals surface area (Å²) in [6.45, 7) is 3.06. The van der Waals surface area contributed by atoms with Crippen molar-refractivity contribution in [2.75, 3.05) is 13.7 Å². The molecule has 0 heterocycles. The van der Waals surface area contributed by atoms with Crippen LogP contribution in [0.15, 0.2) is 60.7 Å². The first-order valence-electron chi connectivity index (χ1n) is 7.36. The number of ether oxygens (including phenoxy) is 1. The molecule has 2 aromatic carbocycles. The molecule has 1 N–H and O–H groups in total. The molecule has 2 heteroatoms. The SMILES string of the molecule is COc1ccccc1CC(C)NC/C=C\c1ccccc1. The van der Waals surface area contributed by atoms with Crippen LogP contribution in [0, 0.1) is 0 Å². The van der Waals surface area contributed by atoms with Gasteiger partial charge in [0.1, 0.15) is 5.75 Å². The van der Waals surface area contributed by atoms with Gasteiger partial charge >= 0.3 is 0 Å². The van der Waals surface area contributed by atoms with Gasteiger partial charge in [0, 0.05) is 12.6 Å². The predicted molar refractivity (Wildman–Crippen MR) is 89.6 cm³/mol. The molecular formula is C19H23NO. The van der Waals surface area contributed by atoms with E-state index in [-0.39, 0.29) is 0 Å². The van der Waals surface area contributed by atoms with E-state index in [2.05, 4.69) is 60.8 Å². The average Bonchev–Trinajstić information content (AvgIpc) is 2.53. The number of methoxy groups -OCH3 is 1. The molecule has 110 valence electrons. The van der Waals surface area contributed by atoms with Gasteiger partial charge in [-0.2, -0.15) is 0 Å². The lowest BCUT2D eigenvalue weighted by Gasteiger charge is -2.14. The first-order chi connectivity index (χ1) is 10.3. The summed E-state index contributed by atoms with van der Waals surface area (Å²) in [5.41, 5.74) is 2.48. The molecule has 0 bridgehead atoms. The highest BCUT2D eigenvalue weighted by Gasteiger charge is 2.06. The summed E-state index contributed by atoms with van der Waals surface area (Å²) in [5.74, 6) is 0.964. The van der Waals surface area contributed by atoms with Crippen molar-refractivity contribution in [3.05, 3.63) is 71.8 Å². The fourth-order valence-corrected chi connectivity index (χ4v) is 2.30. The van der Waals surface area contributed by atoms with Crippen molar-refractivity contribution in [2.45, 2.75) is 19.4 Å².